The molecule has 0 aliphatic carbocycles. The van der Waals surface area contributed by atoms with Gasteiger partial charge in [0, 0.05) is 0 Å². The van der Waals surface area contributed by atoms with Crippen LogP contribution in [0, 0.1) is 11.6 Å². The summed E-state index contributed by atoms with van der Waals surface area (Å²) >= 11 is 0. The van der Waals surface area contributed by atoms with Crippen molar-refractivity contribution < 1.29 is 17.2 Å². The van der Waals surface area contributed by atoms with E-state index in [2.05, 4.69) is 0 Å². The SMILES string of the molecule is Nc1ccc(CS(=O)(=O)c2cccc(F)c2)cc1F. The first-order valence-electron chi connectivity index (χ1n) is 5.41. The molecule has 0 atom stereocenters. The number of nitrogen functional groups attached to an aromatic ring is 1. The van der Waals surface area contributed by atoms with Gasteiger partial charge in [-0.05, 0) is 35.9 Å². The Balaban J connectivity index is 2.33. The fourth-order valence-electron chi connectivity index (χ4n) is 1.62. The molecular formula is C13H11F2NO2S. The van der Waals surface area contributed by atoms with Crippen molar-refractivity contribution in [3.8, 4) is 0 Å². The summed E-state index contributed by atoms with van der Waals surface area (Å²) in [5, 5.41) is 0. The van der Waals surface area contributed by atoms with Crippen LogP contribution in [0.2, 0.25) is 0 Å². The largest absolute Gasteiger partial charge is 0.396 e. The molecule has 19 heavy (non-hydrogen) atoms. The highest BCUT2D eigenvalue weighted by Crippen LogP contribution is 2.19. The van der Waals surface area contributed by atoms with Crippen LogP contribution >= 0.6 is 0 Å². The minimum absolute atomic E-state index is 0.0492. The number of rotatable bonds is 3. The van der Waals surface area contributed by atoms with Gasteiger partial charge in [0.2, 0.25) is 0 Å². The lowest BCUT2D eigenvalue weighted by Gasteiger charge is -2.06. The lowest BCUT2D eigenvalue weighted by Crippen LogP contribution is -2.06. The molecule has 0 amide bonds. The van der Waals surface area contributed by atoms with Crippen molar-refractivity contribution in [1.29, 1.82) is 0 Å². The molecule has 2 aromatic rings. The van der Waals surface area contributed by atoms with Gasteiger partial charge in [-0.15, -0.1) is 0 Å². The van der Waals surface area contributed by atoms with E-state index in [1.807, 2.05) is 0 Å². The summed E-state index contributed by atoms with van der Waals surface area (Å²) in [5.41, 5.74) is 5.52. The summed E-state index contributed by atoms with van der Waals surface area (Å²) < 4.78 is 50.3. The minimum atomic E-state index is -3.71. The molecular weight excluding hydrogens is 272 g/mol. The molecule has 2 N–H and O–H groups in total. The van der Waals surface area contributed by atoms with Crippen molar-refractivity contribution in [2.45, 2.75) is 10.6 Å². The smallest absolute Gasteiger partial charge is 0.182 e. The zero-order valence-electron chi connectivity index (χ0n) is 9.81. The molecule has 0 aliphatic rings. The van der Waals surface area contributed by atoms with Crippen LogP contribution in [0.15, 0.2) is 47.4 Å². The maximum Gasteiger partial charge on any atom is 0.182 e. The Bertz CT molecular complexity index is 714. The third-order valence-electron chi connectivity index (χ3n) is 2.58. The van der Waals surface area contributed by atoms with E-state index in [9.17, 15) is 17.2 Å². The first kappa shape index (κ1) is 13.5. The van der Waals surface area contributed by atoms with Crippen LogP contribution in [-0.4, -0.2) is 8.42 Å². The van der Waals surface area contributed by atoms with Gasteiger partial charge in [0.15, 0.2) is 9.84 Å². The predicted octanol–water partition coefficient (Wildman–Crippen LogP) is 2.52. The summed E-state index contributed by atoms with van der Waals surface area (Å²) in [5.74, 6) is -1.72. The Hall–Kier alpha value is -1.95. The number of benzene rings is 2. The monoisotopic (exact) mass is 283 g/mol. The van der Waals surface area contributed by atoms with Gasteiger partial charge >= 0.3 is 0 Å². The molecule has 0 saturated carbocycles. The lowest BCUT2D eigenvalue weighted by atomic mass is 10.2. The maximum atomic E-state index is 13.2. The van der Waals surface area contributed by atoms with Crippen molar-refractivity contribution in [2.24, 2.45) is 0 Å². The number of anilines is 1. The summed E-state index contributed by atoms with van der Waals surface area (Å²) in [4.78, 5) is -0.135. The first-order valence-corrected chi connectivity index (χ1v) is 7.06. The first-order chi connectivity index (χ1) is 8.88. The topological polar surface area (TPSA) is 60.2 Å². The molecule has 0 unspecified atom stereocenters. The van der Waals surface area contributed by atoms with Crippen LogP contribution in [0.1, 0.15) is 5.56 Å². The van der Waals surface area contributed by atoms with Crippen molar-refractivity contribution in [2.75, 3.05) is 5.73 Å². The molecule has 0 saturated heterocycles. The van der Waals surface area contributed by atoms with Gasteiger partial charge in [-0.1, -0.05) is 12.1 Å². The number of halogens is 2. The molecule has 0 bridgehead atoms. The Morgan fingerprint density at radius 2 is 1.79 bits per heavy atom. The molecule has 0 spiro atoms. The quantitative estimate of drug-likeness (QED) is 0.880. The fraction of sp³-hybridized carbons (Fsp3) is 0.0769. The highest BCUT2D eigenvalue weighted by Gasteiger charge is 2.16. The van der Waals surface area contributed by atoms with Crippen molar-refractivity contribution in [3.05, 3.63) is 59.7 Å². The van der Waals surface area contributed by atoms with Crippen LogP contribution in [0.4, 0.5) is 14.5 Å². The molecule has 3 nitrogen and oxygen atoms in total. The van der Waals surface area contributed by atoms with Gasteiger partial charge in [-0.3, -0.25) is 0 Å². The minimum Gasteiger partial charge on any atom is -0.396 e. The molecule has 0 heterocycles. The summed E-state index contributed by atoms with van der Waals surface area (Å²) in [6.45, 7) is 0. The number of hydrogen-bond donors (Lipinski definition) is 1. The van der Waals surface area contributed by atoms with E-state index in [-0.39, 0.29) is 16.1 Å². The maximum absolute atomic E-state index is 13.2. The van der Waals surface area contributed by atoms with E-state index in [1.54, 1.807) is 0 Å². The second-order valence-electron chi connectivity index (χ2n) is 4.07. The number of nitrogens with two attached hydrogens (primary N) is 1. The van der Waals surface area contributed by atoms with E-state index < -0.39 is 27.2 Å². The van der Waals surface area contributed by atoms with Crippen molar-refractivity contribution in [3.63, 3.8) is 0 Å². The van der Waals surface area contributed by atoms with Crippen LogP contribution in [-0.2, 0) is 15.6 Å². The fourth-order valence-corrected chi connectivity index (χ4v) is 2.99. The van der Waals surface area contributed by atoms with Gasteiger partial charge < -0.3 is 5.73 Å². The van der Waals surface area contributed by atoms with Crippen molar-refractivity contribution in [1.82, 2.24) is 0 Å². The van der Waals surface area contributed by atoms with Crippen LogP contribution in [0.5, 0.6) is 0 Å². The second-order valence-corrected chi connectivity index (χ2v) is 6.06. The van der Waals surface area contributed by atoms with Crippen LogP contribution in [0.25, 0.3) is 0 Å². The van der Waals surface area contributed by atoms with E-state index in [1.165, 1.54) is 24.3 Å². The summed E-state index contributed by atoms with van der Waals surface area (Å²) in [6, 6.07) is 8.48. The highest BCUT2D eigenvalue weighted by molar-refractivity contribution is 7.90. The molecule has 6 heteroatoms. The second kappa shape index (κ2) is 4.97. The van der Waals surface area contributed by atoms with Crippen LogP contribution < -0.4 is 5.73 Å². The molecule has 0 aliphatic heterocycles. The lowest BCUT2D eigenvalue weighted by molar-refractivity contribution is 0.589. The van der Waals surface area contributed by atoms with E-state index >= 15 is 0 Å². The Kier molecular flexibility index (Phi) is 3.53. The molecule has 2 rings (SSSR count). The van der Waals surface area contributed by atoms with Gasteiger partial charge in [0.1, 0.15) is 11.6 Å². The van der Waals surface area contributed by atoms with Gasteiger partial charge in [-0.25, -0.2) is 17.2 Å². The van der Waals surface area contributed by atoms with E-state index in [4.69, 9.17) is 5.73 Å². The Morgan fingerprint density at radius 3 is 2.42 bits per heavy atom. The summed E-state index contributed by atoms with van der Waals surface area (Å²) in [7, 11) is -3.71. The molecule has 2 aromatic carbocycles. The molecule has 0 fully saturated rings. The standard InChI is InChI=1S/C13H11F2NO2S/c14-10-2-1-3-11(7-10)19(17,18)8-9-4-5-13(16)12(15)6-9/h1-7H,8,16H2. The summed E-state index contributed by atoms with van der Waals surface area (Å²) in [6.07, 6.45) is 0. The van der Waals surface area contributed by atoms with E-state index in [0.29, 0.717) is 0 Å². The zero-order valence-corrected chi connectivity index (χ0v) is 10.6. The third-order valence-corrected chi connectivity index (χ3v) is 4.26. The molecule has 0 radical (unpaired) electrons. The third kappa shape index (κ3) is 3.08. The average molecular weight is 283 g/mol. The van der Waals surface area contributed by atoms with Crippen LogP contribution in [0.3, 0.4) is 0 Å². The Labute approximate surface area is 109 Å². The zero-order chi connectivity index (χ0) is 14.0. The average Bonchev–Trinajstić information content (AvgIpc) is 2.33. The van der Waals surface area contributed by atoms with Gasteiger partial charge in [0.05, 0.1) is 16.3 Å². The number of hydrogen-bond acceptors (Lipinski definition) is 3. The Morgan fingerprint density at radius 1 is 1.05 bits per heavy atom. The molecule has 100 valence electrons. The van der Waals surface area contributed by atoms with Crippen molar-refractivity contribution >= 4 is 15.5 Å². The highest BCUT2D eigenvalue weighted by atomic mass is 32.2. The normalized spacial score (nSPS) is 11.5. The van der Waals surface area contributed by atoms with Gasteiger partial charge in [0.25, 0.3) is 0 Å². The predicted molar refractivity (Wildman–Crippen MR) is 68.1 cm³/mol. The molecule has 0 aromatic heterocycles. The van der Waals surface area contributed by atoms with E-state index in [0.717, 1.165) is 18.2 Å². The van der Waals surface area contributed by atoms with Gasteiger partial charge in [-0.2, -0.15) is 0 Å². The number of sulfone groups is 1.